The molecule has 12 nitrogen and oxygen atoms in total. The van der Waals surface area contributed by atoms with Crippen molar-refractivity contribution >= 4 is 5.97 Å². The summed E-state index contributed by atoms with van der Waals surface area (Å²) in [4.78, 5) is 16.2. The third-order valence-corrected chi connectivity index (χ3v) is 12.2. The zero-order chi connectivity index (χ0) is 36.4. The van der Waals surface area contributed by atoms with Crippen LogP contribution in [0, 0.1) is 17.8 Å². The SMILES string of the molecule is CC[C@H]1OC(=O)[C@H](C)[C@@H](O[C@H]2C[C@@](C)(OC)[C@@H](O)[C@H](C)O2)[C@H](C)[C@@H](O[C@@H]2O[C@H](C)C[C@H](N(C)C)[C@H]2O)C2(C)C[C@@H](C)[C@]3(OC1(C)C=C3C)O2. The number of aliphatic hydroxyl groups excluding tert-OH is 2. The van der Waals surface area contributed by atoms with Gasteiger partial charge in [0.2, 0.25) is 0 Å². The number of fused-ring (bicyclic) bond motifs is 2. The highest BCUT2D eigenvalue weighted by Crippen LogP contribution is 2.56. The molecule has 17 atom stereocenters. The van der Waals surface area contributed by atoms with Crippen molar-refractivity contribution in [3.63, 3.8) is 0 Å². The summed E-state index contributed by atoms with van der Waals surface area (Å²) in [6, 6.07) is -0.191. The van der Waals surface area contributed by atoms with E-state index in [-0.39, 0.29) is 24.5 Å². The molecule has 12 heteroatoms. The first kappa shape index (κ1) is 39.0. The van der Waals surface area contributed by atoms with Crippen molar-refractivity contribution in [1.29, 1.82) is 0 Å². The largest absolute Gasteiger partial charge is 0.459 e. The van der Waals surface area contributed by atoms with Gasteiger partial charge in [-0.25, -0.2) is 0 Å². The van der Waals surface area contributed by atoms with E-state index in [1.807, 2.05) is 73.5 Å². The van der Waals surface area contributed by atoms with E-state index in [2.05, 4.69) is 6.92 Å². The maximum Gasteiger partial charge on any atom is 0.311 e. The van der Waals surface area contributed by atoms with E-state index in [1.165, 1.54) is 0 Å². The lowest BCUT2D eigenvalue weighted by molar-refractivity contribution is -0.337. The fraction of sp³-hybridized carbons (Fsp3) is 0.919. The summed E-state index contributed by atoms with van der Waals surface area (Å²) in [5, 5.41) is 22.5. The Morgan fingerprint density at radius 1 is 1.00 bits per heavy atom. The predicted octanol–water partition coefficient (Wildman–Crippen LogP) is 3.94. The Labute approximate surface area is 293 Å². The van der Waals surface area contributed by atoms with Crippen LogP contribution in [-0.4, -0.2) is 126 Å². The molecule has 0 amide bonds. The molecule has 4 saturated heterocycles. The molecule has 0 aliphatic carbocycles. The van der Waals surface area contributed by atoms with E-state index < -0.39 is 89.6 Å². The van der Waals surface area contributed by atoms with Gasteiger partial charge in [0.15, 0.2) is 18.4 Å². The summed E-state index contributed by atoms with van der Waals surface area (Å²) in [5.74, 6) is -2.88. The molecule has 5 rings (SSSR count). The topological polar surface area (TPSA) is 135 Å². The molecule has 4 fully saturated rings. The van der Waals surface area contributed by atoms with E-state index >= 15 is 0 Å². The minimum Gasteiger partial charge on any atom is -0.459 e. The van der Waals surface area contributed by atoms with E-state index in [0.29, 0.717) is 19.3 Å². The molecule has 0 aromatic heterocycles. The molecule has 5 aliphatic heterocycles. The second-order valence-electron chi connectivity index (χ2n) is 16.4. The van der Waals surface area contributed by atoms with Gasteiger partial charge in [0.1, 0.15) is 23.9 Å². The Morgan fingerprint density at radius 3 is 2.29 bits per heavy atom. The number of carbonyl (C=O) groups excluding carboxylic acids is 1. The van der Waals surface area contributed by atoms with Gasteiger partial charge >= 0.3 is 5.97 Å². The van der Waals surface area contributed by atoms with Crippen LogP contribution in [0.2, 0.25) is 0 Å². The van der Waals surface area contributed by atoms with Crippen LogP contribution in [0.25, 0.3) is 0 Å². The van der Waals surface area contributed by atoms with E-state index in [9.17, 15) is 15.0 Å². The molecule has 49 heavy (non-hydrogen) atoms. The lowest BCUT2D eigenvalue weighted by Gasteiger charge is -2.49. The summed E-state index contributed by atoms with van der Waals surface area (Å²) < 4.78 is 52.5. The van der Waals surface area contributed by atoms with Crippen LogP contribution in [-0.2, 0) is 42.7 Å². The molecule has 0 aromatic rings. The third-order valence-electron chi connectivity index (χ3n) is 12.2. The van der Waals surface area contributed by atoms with E-state index in [4.69, 9.17) is 37.9 Å². The molecule has 1 spiro atoms. The zero-order valence-corrected chi connectivity index (χ0v) is 31.9. The number of hydrogen-bond donors (Lipinski definition) is 2. The summed E-state index contributed by atoms with van der Waals surface area (Å²) in [7, 11) is 5.44. The number of cyclic esters (lactones) is 1. The first-order valence-corrected chi connectivity index (χ1v) is 18.2. The lowest BCUT2D eigenvalue weighted by Crippen LogP contribution is -2.61. The molecule has 2 N–H and O–H groups in total. The van der Waals surface area contributed by atoms with Gasteiger partial charge in [0.05, 0.1) is 41.5 Å². The maximum absolute atomic E-state index is 14.2. The van der Waals surface area contributed by atoms with E-state index in [1.54, 1.807) is 21.0 Å². The number of likely N-dealkylation sites (N-methyl/N-ethyl adjacent to an activating group) is 1. The smallest absolute Gasteiger partial charge is 0.311 e. The predicted molar refractivity (Wildman–Crippen MR) is 180 cm³/mol. The molecular formula is C37H63NO11. The number of nitrogens with zero attached hydrogens (tertiary/aromatic N) is 1. The van der Waals surface area contributed by atoms with Crippen LogP contribution in [0.3, 0.4) is 0 Å². The molecule has 0 radical (unpaired) electrons. The number of aliphatic hydroxyl groups is 2. The second-order valence-corrected chi connectivity index (χ2v) is 16.4. The minimum atomic E-state index is -1.07. The van der Waals surface area contributed by atoms with Crippen LogP contribution in [0.5, 0.6) is 0 Å². The lowest BCUT2D eigenvalue weighted by atomic mass is 9.78. The van der Waals surface area contributed by atoms with E-state index in [0.717, 1.165) is 5.57 Å². The van der Waals surface area contributed by atoms with Gasteiger partial charge in [-0.2, -0.15) is 0 Å². The molecule has 2 unspecified atom stereocenters. The molecular weight excluding hydrogens is 634 g/mol. The number of ether oxygens (including phenoxy) is 8. The average molecular weight is 698 g/mol. The Hall–Kier alpha value is -1.19. The van der Waals surface area contributed by atoms with Crippen molar-refractivity contribution in [1.82, 2.24) is 4.90 Å². The van der Waals surface area contributed by atoms with Crippen LogP contribution < -0.4 is 0 Å². The fourth-order valence-electron chi connectivity index (χ4n) is 9.37. The van der Waals surface area contributed by atoms with Crippen LogP contribution in [0.15, 0.2) is 11.6 Å². The first-order valence-electron chi connectivity index (χ1n) is 18.2. The monoisotopic (exact) mass is 697 g/mol. The van der Waals surface area contributed by atoms with Crippen molar-refractivity contribution in [3.8, 4) is 0 Å². The number of methoxy groups -OCH3 is 1. The van der Waals surface area contributed by atoms with Crippen LogP contribution in [0.1, 0.15) is 94.9 Å². The molecule has 0 saturated carbocycles. The third kappa shape index (κ3) is 6.89. The Balaban J connectivity index is 1.60. The second kappa shape index (κ2) is 14.0. The van der Waals surface area contributed by atoms with Gasteiger partial charge in [-0.1, -0.05) is 20.8 Å². The van der Waals surface area contributed by atoms with Crippen LogP contribution in [0.4, 0.5) is 0 Å². The van der Waals surface area contributed by atoms with Gasteiger partial charge in [-0.3, -0.25) is 4.79 Å². The van der Waals surface area contributed by atoms with Crippen molar-refractivity contribution < 1.29 is 52.9 Å². The van der Waals surface area contributed by atoms with Gasteiger partial charge in [0.25, 0.3) is 0 Å². The molecule has 5 heterocycles. The number of carbonyl (C=O) groups is 1. The standard InChI is InChI=1S/C37H63NO11/c1-14-26-34(8)16-19(2)37(48-34)20(3)17-36(10,49-37)31(47-33-28(39)25(38(11)12)15-21(4)43-33)22(5)29(23(6)32(41)45-26)46-27-18-35(9,42-13)30(40)24(7)44-27/h16,20-31,33,39-40H,14-15,17-18H2,1-13H3/t20-,21-,22+,23-,24+,25+,26-,27+,28-,29+,30+,31-,33+,34?,35-,36?,37-/m1/s1. The number of hydrogen-bond acceptors (Lipinski definition) is 12. The van der Waals surface area contributed by atoms with Crippen LogP contribution >= 0.6 is 0 Å². The number of rotatable bonds is 7. The van der Waals surface area contributed by atoms with Crippen molar-refractivity contribution in [2.24, 2.45) is 17.8 Å². The molecule has 3 bridgehead atoms. The van der Waals surface area contributed by atoms with Gasteiger partial charge in [-0.15, -0.1) is 0 Å². The fourth-order valence-corrected chi connectivity index (χ4v) is 9.37. The van der Waals surface area contributed by atoms with Crippen molar-refractivity contribution in [3.05, 3.63) is 11.6 Å². The molecule has 5 aliphatic rings. The van der Waals surface area contributed by atoms with Gasteiger partial charge in [-0.05, 0) is 93.5 Å². The number of esters is 1. The summed E-state index contributed by atoms with van der Waals surface area (Å²) >= 11 is 0. The highest BCUT2D eigenvalue weighted by molar-refractivity contribution is 5.73. The summed E-state index contributed by atoms with van der Waals surface area (Å²) in [5.41, 5.74) is -1.90. The highest BCUT2D eigenvalue weighted by Gasteiger charge is 2.65. The molecule has 282 valence electrons. The van der Waals surface area contributed by atoms with Gasteiger partial charge < -0.3 is 53.0 Å². The highest BCUT2D eigenvalue weighted by atomic mass is 16.8. The Bertz CT molecular complexity index is 1230. The first-order chi connectivity index (χ1) is 22.7. The van der Waals surface area contributed by atoms with Crippen molar-refractivity contribution in [2.75, 3.05) is 21.2 Å². The zero-order valence-electron chi connectivity index (χ0n) is 31.9. The average Bonchev–Trinajstić information content (AvgIpc) is 3.45. The molecule has 0 aromatic carbocycles. The Kier molecular flexibility index (Phi) is 11.1. The summed E-state index contributed by atoms with van der Waals surface area (Å²) in [6.45, 7) is 19.4. The normalized spacial score (nSPS) is 52.4. The quantitative estimate of drug-likeness (QED) is 0.295. The minimum absolute atomic E-state index is 0.0864. The van der Waals surface area contributed by atoms with Crippen molar-refractivity contribution in [2.45, 2.75) is 179 Å². The van der Waals surface area contributed by atoms with Gasteiger partial charge in [0, 0.05) is 31.4 Å². The Morgan fingerprint density at radius 2 is 1.67 bits per heavy atom. The summed E-state index contributed by atoms with van der Waals surface area (Å²) in [6.07, 6.45) is -2.44. The maximum atomic E-state index is 14.2.